The van der Waals surface area contributed by atoms with Crippen molar-refractivity contribution in [2.45, 2.75) is 39.8 Å². The van der Waals surface area contributed by atoms with Crippen molar-refractivity contribution in [3.63, 3.8) is 0 Å². The van der Waals surface area contributed by atoms with Crippen molar-refractivity contribution in [3.05, 3.63) is 11.4 Å². The van der Waals surface area contributed by atoms with Gasteiger partial charge in [-0.25, -0.2) is 4.39 Å². The molecule has 0 aliphatic heterocycles. The van der Waals surface area contributed by atoms with E-state index < -0.39 is 0 Å². The molecule has 0 amide bonds. The number of hydrogen-bond acceptors (Lipinski definition) is 0. The van der Waals surface area contributed by atoms with Crippen LogP contribution in [0.2, 0.25) is 12.6 Å². The fourth-order valence-electron chi connectivity index (χ4n) is 0.932. The molecule has 0 aromatic rings. The van der Waals surface area contributed by atoms with Crippen molar-refractivity contribution in [3.8, 4) is 0 Å². The SMILES string of the molecule is C[B]C(CC)C(F)=C(C)C. The van der Waals surface area contributed by atoms with Crippen molar-refractivity contribution in [1.82, 2.24) is 0 Å². The highest BCUT2D eigenvalue weighted by molar-refractivity contribution is 6.36. The van der Waals surface area contributed by atoms with Gasteiger partial charge in [-0.15, -0.1) is 0 Å². The van der Waals surface area contributed by atoms with Crippen molar-refractivity contribution >= 4 is 7.28 Å². The van der Waals surface area contributed by atoms with Crippen LogP contribution in [0, 0.1) is 0 Å². The highest BCUT2D eigenvalue weighted by Crippen LogP contribution is 2.24. The fourth-order valence-corrected chi connectivity index (χ4v) is 0.932. The lowest BCUT2D eigenvalue weighted by atomic mass is 9.64. The molecule has 2 heteroatoms. The van der Waals surface area contributed by atoms with Crippen LogP contribution in [0.15, 0.2) is 11.4 Å². The summed E-state index contributed by atoms with van der Waals surface area (Å²) in [5, 5.41) is 0. The third-order valence-corrected chi connectivity index (χ3v) is 1.65. The second kappa shape index (κ2) is 4.53. The van der Waals surface area contributed by atoms with Gasteiger partial charge in [0.05, 0.1) is 5.83 Å². The van der Waals surface area contributed by atoms with E-state index in [4.69, 9.17) is 0 Å². The minimum absolute atomic E-state index is 0.0324. The van der Waals surface area contributed by atoms with E-state index in [-0.39, 0.29) is 11.6 Å². The highest BCUT2D eigenvalue weighted by atomic mass is 19.1. The molecule has 0 spiro atoms. The molecule has 0 bridgehead atoms. The van der Waals surface area contributed by atoms with Crippen LogP contribution < -0.4 is 0 Å². The summed E-state index contributed by atoms with van der Waals surface area (Å²) in [6.45, 7) is 7.51. The summed E-state index contributed by atoms with van der Waals surface area (Å²) in [6.07, 6.45) is 0.855. The van der Waals surface area contributed by atoms with Crippen LogP contribution in [-0.4, -0.2) is 7.28 Å². The third kappa shape index (κ3) is 2.55. The summed E-state index contributed by atoms with van der Waals surface area (Å²) in [5.41, 5.74) is 0.796. The summed E-state index contributed by atoms with van der Waals surface area (Å²) in [4.78, 5) is 0. The summed E-state index contributed by atoms with van der Waals surface area (Å²) in [5.74, 6) is 0.0648. The first-order valence-corrected chi connectivity index (χ1v) is 3.75. The molecule has 0 aliphatic rings. The minimum atomic E-state index is 0.0324. The van der Waals surface area contributed by atoms with Gasteiger partial charge >= 0.3 is 0 Å². The van der Waals surface area contributed by atoms with E-state index >= 15 is 0 Å². The Hall–Kier alpha value is -0.265. The molecule has 0 aromatic heterocycles. The van der Waals surface area contributed by atoms with Crippen LogP contribution in [-0.2, 0) is 0 Å². The molecule has 57 valence electrons. The minimum Gasteiger partial charge on any atom is -0.212 e. The number of allylic oxidation sites excluding steroid dienone is 2. The van der Waals surface area contributed by atoms with Crippen molar-refractivity contribution in [1.29, 1.82) is 0 Å². The Balaban J connectivity index is 4.15. The lowest BCUT2D eigenvalue weighted by molar-refractivity contribution is 0.569. The van der Waals surface area contributed by atoms with Crippen LogP contribution >= 0.6 is 0 Å². The molecule has 0 N–H and O–H groups in total. The molecule has 0 nitrogen and oxygen atoms in total. The van der Waals surface area contributed by atoms with Crippen LogP contribution in [0.25, 0.3) is 0 Å². The van der Waals surface area contributed by atoms with Gasteiger partial charge < -0.3 is 0 Å². The van der Waals surface area contributed by atoms with E-state index in [9.17, 15) is 4.39 Å². The topological polar surface area (TPSA) is 0 Å². The van der Waals surface area contributed by atoms with Crippen molar-refractivity contribution in [2.24, 2.45) is 0 Å². The Labute approximate surface area is 63.8 Å². The Bertz CT molecular complexity index is 121. The summed E-state index contributed by atoms with van der Waals surface area (Å²) in [7, 11) is 1.91. The quantitative estimate of drug-likeness (QED) is 0.529. The van der Waals surface area contributed by atoms with Gasteiger partial charge in [0.2, 0.25) is 0 Å². The van der Waals surface area contributed by atoms with Crippen molar-refractivity contribution in [2.75, 3.05) is 0 Å². The lowest BCUT2D eigenvalue weighted by Crippen LogP contribution is -2.00. The average Bonchev–Trinajstić information content (AvgIpc) is 1.90. The second-order valence-corrected chi connectivity index (χ2v) is 2.70. The molecule has 1 unspecified atom stereocenters. The molecule has 0 aliphatic carbocycles. The zero-order valence-electron chi connectivity index (χ0n) is 7.24. The second-order valence-electron chi connectivity index (χ2n) is 2.70. The van der Waals surface area contributed by atoms with Gasteiger partial charge in [-0.05, 0) is 25.2 Å². The smallest absolute Gasteiger partial charge is 0.119 e. The standard InChI is InChI=1S/C8H15BF/c1-5-7(9-4)8(10)6(2)3/h7H,5H2,1-4H3. The highest BCUT2D eigenvalue weighted by Gasteiger charge is 2.10. The van der Waals surface area contributed by atoms with E-state index in [0.717, 1.165) is 12.0 Å². The van der Waals surface area contributed by atoms with E-state index in [0.29, 0.717) is 0 Å². The molecule has 0 aromatic carbocycles. The molecule has 0 fully saturated rings. The molecule has 0 saturated heterocycles. The monoisotopic (exact) mass is 141 g/mol. The van der Waals surface area contributed by atoms with E-state index in [1.807, 2.05) is 34.9 Å². The molecular formula is C8H15BF. The molecule has 10 heavy (non-hydrogen) atoms. The van der Waals surface area contributed by atoms with Gasteiger partial charge in [-0.3, -0.25) is 0 Å². The fraction of sp³-hybridized carbons (Fsp3) is 0.750. The number of hydrogen-bond donors (Lipinski definition) is 0. The van der Waals surface area contributed by atoms with Crippen LogP contribution in [0.5, 0.6) is 0 Å². The maximum Gasteiger partial charge on any atom is 0.119 e. The van der Waals surface area contributed by atoms with Crippen LogP contribution in [0.4, 0.5) is 4.39 Å². The first-order chi connectivity index (χ1) is 4.63. The third-order valence-electron chi connectivity index (χ3n) is 1.65. The molecule has 0 rings (SSSR count). The van der Waals surface area contributed by atoms with E-state index in [1.54, 1.807) is 0 Å². The molecule has 0 heterocycles. The Morgan fingerprint density at radius 1 is 1.50 bits per heavy atom. The van der Waals surface area contributed by atoms with E-state index in [2.05, 4.69) is 0 Å². The Morgan fingerprint density at radius 3 is 2.10 bits per heavy atom. The summed E-state index contributed by atoms with van der Waals surface area (Å²) < 4.78 is 13.0. The Morgan fingerprint density at radius 2 is 2.00 bits per heavy atom. The molecule has 0 saturated carbocycles. The lowest BCUT2D eigenvalue weighted by Gasteiger charge is -2.09. The van der Waals surface area contributed by atoms with Crippen LogP contribution in [0.3, 0.4) is 0 Å². The van der Waals surface area contributed by atoms with Gasteiger partial charge in [-0.2, -0.15) is 0 Å². The summed E-state index contributed by atoms with van der Waals surface area (Å²) in [6, 6.07) is 0. The number of halogens is 1. The van der Waals surface area contributed by atoms with Gasteiger partial charge in [-0.1, -0.05) is 20.2 Å². The van der Waals surface area contributed by atoms with Gasteiger partial charge in [0.1, 0.15) is 7.28 Å². The molecule has 1 radical (unpaired) electrons. The van der Waals surface area contributed by atoms with Gasteiger partial charge in [0.25, 0.3) is 0 Å². The Kier molecular flexibility index (Phi) is 4.41. The average molecular weight is 141 g/mol. The number of rotatable bonds is 3. The summed E-state index contributed by atoms with van der Waals surface area (Å²) >= 11 is 0. The maximum absolute atomic E-state index is 13.0. The maximum atomic E-state index is 13.0. The van der Waals surface area contributed by atoms with Gasteiger partial charge in [0.15, 0.2) is 0 Å². The van der Waals surface area contributed by atoms with Crippen LogP contribution in [0.1, 0.15) is 27.2 Å². The van der Waals surface area contributed by atoms with E-state index in [1.165, 1.54) is 0 Å². The largest absolute Gasteiger partial charge is 0.212 e. The molecular weight excluding hydrogens is 126 g/mol. The normalized spacial score (nSPS) is 12.5. The first-order valence-electron chi connectivity index (χ1n) is 3.75. The first kappa shape index (κ1) is 9.73. The zero-order chi connectivity index (χ0) is 8.15. The predicted octanol–water partition coefficient (Wildman–Crippen LogP) is 3.20. The molecule has 1 atom stereocenters. The van der Waals surface area contributed by atoms with Crippen molar-refractivity contribution < 1.29 is 4.39 Å². The predicted molar refractivity (Wildman–Crippen MR) is 45.1 cm³/mol. The zero-order valence-corrected chi connectivity index (χ0v) is 7.24. The van der Waals surface area contributed by atoms with Gasteiger partial charge in [0, 0.05) is 0 Å².